The van der Waals surface area contributed by atoms with E-state index in [0.29, 0.717) is 18.3 Å². The van der Waals surface area contributed by atoms with E-state index in [1.165, 1.54) is 0 Å². The van der Waals surface area contributed by atoms with Crippen LogP contribution in [0.3, 0.4) is 0 Å². The number of nitro groups is 1. The van der Waals surface area contributed by atoms with E-state index in [1.54, 1.807) is 5.40 Å². The zero-order chi connectivity index (χ0) is 14.4. The Bertz CT molecular complexity index is 657. The summed E-state index contributed by atoms with van der Waals surface area (Å²) in [6, 6.07) is 9.59. The van der Waals surface area contributed by atoms with Crippen molar-refractivity contribution in [2.24, 2.45) is 0 Å². The van der Waals surface area contributed by atoms with Gasteiger partial charge in [-0.15, -0.1) is 0 Å². The van der Waals surface area contributed by atoms with E-state index in [4.69, 9.17) is 5.26 Å². The summed E-state index contributed by atoms with van der Waals surface area (Å²) in [5.41, 5.74) is 0.755. The van der Waals surface area contributed by atoms with Crippen LogP contribution in [0, 0.1) is 20.8 Å². The highest BCUT2D eigenvalue weighted by molar-refractivity contribution is 8.03. The maximum Gasteiger partial charge on any atom is 0.320 e. The third kappa shape index (κ3) is 3.43. The number of nitrogens with one attached hydrogen (secondary N) is 1. The standard InChI is InChI=1S/C12H9N5O2S/c13-8-20-11-10(17(18)19)7-15-12(16-11)14-6-9-4-2-1-3-5-9/h1-5,7H,6H2,(H,14,15,16). The van der Waals surface area contributed by atoms with E-state index < -0.39 is 4.92 Å². The number of rotatable bonds is 5. The summed E-state index contributed by atoms with van der Waals surface area (Å²) < 4.78 is 0. The third-order valence-electron chi connectivity index (χ3n) is 2.37. The number of nitriles is 1. The zero-order valence-corrected chi connectivity index (χ0v) is 11.0. The maximum absolute atomic E-state index is 10.8. The lowest BCUT2D eigenvalue weighted by molar-refractivity contribution is -0.388. The lowest BCUT2D eigenvalue weighted by Crippen LogP contribution is -2.05. The van der Waals surface area contributed by atoms with Crippen LogP contribution in [0.1, 0.15) is 5.56 Å². The third-order valence-corrected chi connectivity index (χ3v) is 2.95. The van der Waals surface area contributed by atoms with Crippen LogP contribution in [0.4, 0.5) is 11.6 Å². The second-order valence-corrected chi connectivity index (χ2v) is 4.45. The molecule has 1 N–H and O–H groups in total. The minimum atomic E-state index is -0.610. The van der Waals surface area contributed by atoms with E-state index in [-0.39, 0.29) is 16.7 Å². The van der Waals surface area contributed by atoms with Crippen molar-refractivity contribution in [3.8, 4) is 5.40 Å². The van der Waals surface area contributed by atoms with Crippen LogP contribution in [-0.4, -0.2) is 14.9 Å². The van der Waals surface area contributed by atoms with Crippen LogP contribution in [0.2, 0.25) is 0 Å². The summed E-state index contributed by atoms with van der Waals surface area (Å²) >= 11 is 0.639. The van der Waals surface area contributed by atoms with Gasteiger partial charge in [-0.3, -0.25) is 10.1 Å². The number of anilines is 1. The molecular weight excluding hydrogens is 278 g/mol. The average Bonchev–Trinajstić information content (AvgIpc) is 2.46. The Morgan fingerprint density at radius 1 is 1.40 bits per heavy atom. The fourth-order valence-corrected chi connectivity index (χ4v) is 1.92. The smallest absolute Gasteiger partial charge is 0.320 e. The van der Waals surface area contributed by atoms with Gasteiger partial charge in [0.2, 0.25) is 5.95 Å². The highest BCUT2D eigenvalue weighted by Gasteiger charge is 2.17. The van der Waals surface area contributed by atoms with Crippen LogP contribution >= 0.6 is 11.8 Å². The molecule has 0 saturated heterocycles. The molecule has 0 aliphatic heterocycles. The molecule has 1 aromatic carbocycles. The number of nitrogens with zero attached hydrogens (tertiary/aromatic N) is 4. The van der Waals surface area contributed by atoms with Crippen LogP contribution in [0.25, 0.3) is 0 Å². The van der Waals surface area contributed by atoms with Gasteiger partial charge < -0.3 is 5.32 Å². The number of benzene rings is 1. The van der Waals surface area contributed by atoms with Crippen LogP contribution in [0.5, 0.6) is 0 Å². The second kappa shape index (κ2) is 6.49. The Balaban J connectivity index is 2.15. The highest BCUT2D eigenvalue weighted by Crippen LogP contribution is 2.26. The maximum atomic E-state index is 10.8. The van der Waals surface area contributed by atoms with Crippen LogP contribution in [-0.2, 0) is 6.54 Å². The molecule has 0 bridgehead atoms. The normalized spacial score (nSPS) is 9.75. The fraction of sp³-hybridized carbons (Fsp3) is 0.0833. The van der Waals surface area contributed by atoms with Crippen molar-refractivity contribution < 1.29 is 4.92 Å². The summed E-state index contributed by atoms with van der Waals surface area (Å²) in [5, 5.41) is 24.2. The summed E-state index contributed by atoms with van der Waals surface area (Å²) in [5.74, 6) is 0.247. The van der Waals surface area contributed by atoms with Gasteiger partial charge in [0.1, 0.15) is 11.6 Å². The molecule has 1 aromatic heterocycles. The van der Waals surface area contributed by atoms with Crippen molar-refractivity contribution in [2.75, 3.05) is 5.32 Å². The van der Waals surface area contributed by atoms with E-state index in [9.17, 15) is 10.1 Å². The molecule has 2 rings (SSSR count). The Hall–Kier alpha value is -2.66. The quantitative estimate of drug-likeness (QED) is 0.296. The molecular formula is C12H9N5O2S. The Morgan fingerprint density at radius 3 is 2.80 bits per heavy atom. The lowest BCUT2D eigenvalue weighted by atomic mass is 10.2. The topological polar surface area (TPSA) is 105 Å². The minimum Gasteiger partial charge on any atom is -0.350 e. The van der Waals surface area contributed by atoms with Gasteiger partial charge in [0.05, 0.1) is 4.92 Å². The summed E-state index contributed by atoms with van der Waals surface area (Å²) in [6.07, 6.45) is 1.10. The SMILES string of the molecule is N#CSc1nc(NCc2ccccc2)ncc1[N+](=O)[O-]. The molecule has 0 unspecified atom stereocenters. The van der Waals surface area contributed by atoms with E-state index >= 15 is 0 Å². The zero-order valence-electron chi connectivity index (χ0n) is 10.2. The molecule has 8 heteroatoms. The van der Waals surface area contributed by atoms with Gasteiger partial charge in [-0.2, -0.15) is 10.2 Å². The minimum absolute atomic E-state index is 0.0306. The molecule has 0 saturated carbocycles. The molecule has 0 aliphatic rings. The Labute approximate surface area is 118 Å². The molecule has 20 heavy (non-hydrogen) atoms. The highest BCUT2D eigenvalue weighted by atomic mass is 32.2. The molecule has 0 radical (unpaired) electrons. The number of thioether (sulfide) groups is 1. The first-order valence-electron chi connectivity index (χ1n) is 5.56. The van der Waals surface area contributed by atoms with Gasteiger partial charge in [0, 0.05) is 18.3 Å². The van der Waals surface area contributed by atoms with Crippen molar-refractivity contribution in [3.05, 3.63) is 52.2 Å². The Morgan fingerprint density at radius 2 is 2.15 bits per heavy atom. The first-order valence-corrected chi connectivity index (χ1v) is 6.37. The average molecular weight is 287 g/mol. The van der Waals surface area contributed by atoms with Gasteiger partial charge in [0.25, 0.3) is 0 Å². The van der Waals surface area contributed by atoms with Gasteiger partial charge in [-0.05, 0) is 5.56 Å². The van der Waals surface area contributed by atoms with E-state index in [2.05, 4.69) is 15.3 Å². The van der Waals surface area contributed by atoms with E-state index in [1.807, 2.05) is 30.3 Å². The molecule has 2 aromatic rings. The van der Waals surface area contributed by atoms with E-state index in [0.717, 1.165) is 11.8 Å². The van der Waals surface area contributed by atoms with Crippen molar-refractivity contribution in [2.45, 2.75) is 11.6 Å². The number of hydrogen-bond donors (Lipinski definition) is 1. The molecule has 1 heterocycles. The molecule has 7 nitrogen and oxygen atoms in total. The van der Waals surface area contributed by atoms with Crippen LogP contribution in [0.15, 0.2) is 41.6 Å². The molecule has 0 spiro atoms. The van der Waals surface area contributed by atoms with Crippen molar-refractivity contribution in [1.82, 2.24) is 9.97 Å². The first-order chi connectivity index (χ1) is 9.70. The largest absolute Gasteiger partial charge is 0.350 e. The van der Waals surface area contributed by atoms with Gasteiger partial charge in [-0.25, -0.2) is 4.98 Å². The number of thiocyanates is 1. The second-order valence-electron chi connectivity index (χ2n) is 3.67. The van der Waals surface area contributed by atoms with Crippen molar-refractivity contribution >= 4 is 23.4 Å². The van der Waals surface area contributed by atoms with Crippen LogP contribution < -0.4 is 5.32 Å². The lowest BCUT2D eigenvalue weighted by Gasteiger charge is -2.05. The first kappa shape index (κ1) is 13.8. The Kier molecular flexibility index (Phi) is 4.47. The predicted octanol–water partition coefficient (Wildman–Crippen LogP) is 2.57. The molecule has 0 atom stereocenters. The summed E-state index contributed by atoms with van der Waals surface area (Å²) in [6.45, 7) is 0.495. The van der Waals surface area contributed by atoms with Gasteiger partial charge in [0.15, 0.2) is 5.03 Å². The predicted molar refractivity (Wildman–Crippen MR) is 73.9 cm³/mol. The number of hydrogen-bond acceptors (Lipinski definition) is 7. The molecule has 100 valence electrons. The van der Waals surface area contributed by atoms with Gasteiger partial charge in [-0.1, -0.05) is 30.3 Å². The van der Waals surface area contributed by atoms with Gasteiger partial charge >= 0.3 is 5.69 Å². The number of aromatic nitrogens is 2. The monoisotopic (exact) mass is 287 g/mol. The molecule has 0 aliphatic carbocycles. The molecule has 0 amide bonds. The summed E-state index contributed by atoms with van der Waals surface area (Å²) in [7, 11) is 0. The summed E-state index contributed by atoms with van der Waals surface area (Å²) in [4.78, 5) is 18.0. The van der Waals surface area contributed by atoms with Crippen molar-refractivity contribution in [1.29, 1.82) is 5.26 Å². The molecule has 0 fully saturated rings. The fourth-order valence-electron chi connectivity index (χ4n) is 1.47. The van der Waals surface area contributed by atoms with Crippen molar-refractivity contribution in [3.63, 3.8) is 0 Å².